The molecule has 1 aliphatic rings. The Hall–Kier alpha value is -6.67. The lowest BCUT2D eigenvalue weighted by atomic mass is 9.79. The van der Waals surface area contributed by atoms with Crippen molar-refractivity contribution >= 4 is 74.4 Å². The minimum Gasteiger partial charge on any atom is -0.411 e. The summed E-state index contributed by atoms with van der Waals surface area (Å²) in [6, 6.07) is 26.9. The lowest BCUT2D eigenvalue weighted by Crippen LogP contribution is -2.41. The molecular weight excluding hydrogens is 1100 g/mol. The zero-order valence-electron chi connectivity index (χ0n) is 50.4. The van der Waals surface area contributed by atoms with Gasteiger partial charge < -0.3 is 18.2 Å². The standard InChI is InChI=1S/C26H32N6O3Si.C25H36BN3O3Si.C7H8ClN3O2/c1-26(2,3)36(6,7)35-17-20-9-8-10-23(29-20)32-22-15-18(11-12-19(22)16-28-32)24-27-14-13-21(30-24)25(33)31(4)34-5;1-23(2,3)33(8,9)30-17-20-11-10-12-22(28-20)29-21-15-19(14-13-18(21)16-27-29)26-31-24(4,5)25(6,7)32-26;1-11(13-2)6(12)5-3-4-9-7(8)10-5/h8-16H,17H2,1-7H3;10-16H,17H2,1-9H3;3-4H,1-2H3. The van der Waals surface area contributed by atoms with E-state index in [2.05, 4.69) is 143 Å². The number of nitrogens with zero attached hydrogens (tertiary/aromatic N) is 12. The van der Waals surface area contributed by atoms with Gasteiger partial charge in [-0.1, -0.05) is 77.9 Å². The second kappa shape index (κ2) is 25.0. The first-order valence-corrected chi connectivity index (χ1v) is 33.0. The Morgan fingerprint density at radius 3 is 1.54 bits per heavy atom. The average molecular weight is 1170 g/mol. The molecule has 24 heteroatoms. The summed E-state index contributed by atoms with van der Waals surface area (Å²) in [4.78, 5) is 59.4. The Balaban J connectivity index is 0.000000195. The van der Waals surface area contributed by atoms with Crippen LogP contribution in [-0.4, -0.2) is 135 Å². The van der Waals surface area contributed by atoms with Gasteiger partial charge >= 0.3 is 7.12 Å². The zero-order chi connectivity index (χ0) is 60.2. The van der Waals surface area contributed by atoms with E-state index in [0.717, 1.165) is 60.2 Å². The van der Waals surface area contributed by atoms with Gasteiger partial charge in [0.05, 0.1) is 73.5 Å². The molecule has 1 aliphatic heterocycles. The Kier molecular flexibility index (Phi) is 19.2. The molecule has 8 aromatic rings. The molecule has 1 saturated heterocycles. The van der Waals surface area contributed by atoms with Crippen LogP contribution in [0, 0.1) is 0 Å². The number of amides is 2. The van der Waals surface area contributed by atoms with Crippen molar-refractivity contribution in [1.82, 2.24) is 59.6 Å². The molecule has 0 atom stereocenters. The van der Waals surface area contributed by atoms with Crippen molar-refractivity contribution in [3.63, 3.8) is 0 Å². The van der Waals surface area contributed by atoms with E-state index >= 15 is 0 Å². The molecule has 0 unspecified atom stereocenters. The Labute approximate surface area is 488 Å². The molecule has 0 saturated carbocycles. The van der Waals surface area contributed by atoms with Gasteiger partial charge in [0.1, 0.15) is 11.4 Å². The van der Waals surface area contributed by atoms with Gasteiger partial charge in [-0.15, -0.1) is 0 Å². The fourth-order valence-corrected chi connectivity index (χ4v) is 9.55. The van der Waals surface area contributed by atoms with Crippen molar-refractivity contribution in [2.45, 2.75) is 130 Å². The third-order valence-electron chi connectivity index (χ3n) is 15.6. The van der Waals surface area contributed by atoms with Gasteiger partial charge in [-0.3, -0.25) is 19.3 Å². The third kappa shape index (κ3) is 14.6. The number of aromatic nitrogens is 10. The van der Waals surface area contributed by atoms with Crippen LogP contribution in [0.2, 0.25) is 41.5 Å². The summed E-state index contributed by atoms with van der Waals surface area (Å²) >= 11 is 5.50. The number of rotatable bonds is 14. The van der Waals surface area contributed by atoms with Crippen LogP contribution in [-0.2, 0) is 41.0 Å². The minimum absolute atomic E-state index is 0.0374. The molecular formula is C58H76BClN12O8Si2. The van der Waals surface area contributed by atoms with E-state index in [-0.39, 0.29) is 49.8 Å². The summed E-state index contributed by atoms with van der Waals surface area (Å²) in [5, 5.41) is 13.7. The fraction of sp³-hybridized carbons (Fsp3) is 0.414. The number of halogens is 1. The van der Waals surface area contributed by atoms with E-state index in [1.165, 1.54) is 40.6 Å². The second-order valence-electron chi connectivity index (χ2n) is 23.8. The molecule has 1 fully saturated rings. The van der Waals surface area contributed by atoms with Crippen LogP contribution < -0.4 is 5.46 Å². The molecule has 0 bridgehead atoms. The van der Waals surface area contributed by atoms with Crippen molar-refractivity contribution in [2.24, 2.45) is 0 Å². The lowest BCUT2D eigenvalue weighted by molar-refractivity contribution is -0.0760. The van der Waals surface area contributed by atoms with Crippen LogP contribution in [0.25, 0.3) is 44.8 Å². The molecule has 434 valence electrons. The summed E-state index contributed by atoms with van der Waals surface area (Å²) in [6.07, 6.45) is 6.64. The molecule has 6 aromatic heterocycles. The smallest absolute Gasteiger partial charge is 0.411 e. The van der Waals surface area contributed by atoms with Gasteiger partial charge in [0.15, 0.2) is 34.1 Å². The third-order valence-corrected chi connectivity index (χ3v) is 24.7. The zero-order valence-corrected chi connectivity index (χ0v) is 53.2. The first kappa shape index (κ1) is 62.9. The molecule has 2 amide bonds. The molecule has 0 N–H and O–H groups in total. The number of hydrogen-bond acceptors (Lipinski definition) is 16. The van der Waals surface area contributed by atoms with Crippen LogP contribution in [0.3, 0.4) is 0 Å². The van der Waals surface area contributed by atoms with E-state index in [1.54, 1.807) is 23.1 Å². The molecule has 82 heavy (non-hydrogen) atoms. The lowest BCUT2D eigenvalue weighted by Gasteiger charge is -2.36. The first-order chi connectivity index (χ1) is 38.3. The van der Waals surface area contributed by atoms with Crippen molar-refractivity contribution in [3.8, 4) is 23.0 Å². The Morgan fingerprint density at radius 2 is 1.07 bits per heavy atom. The van der Waals surface area contributed by atoms with E-state index in [1.807, 2.05) is 71.5 Å². The molecule has 0 radical (unpaired) electrons. The Bertz CT molecular complexity index is 3530. The number of hydroxylamine groups is 4. The van der Waals surface area contributed by atoms with Crippen LogP contribution in [0.5, 0.6) is 0 Å². The molecule has 7 heterocycles. The normalized spacial score (nSPS) is 14.3. The van der Waals surface area contributed by atoms with Crippen molar-refractivity contribution < 1.29 is 37.4 Å². The molecule has 0 aliphatic carbocycles. The maximum Gasteiger partial charge on any atom is 0.494 e. The van der Waals surface area contributed by atoms with Crippen LogP contribution >= 0.6 is 11.6 Å². The average Bonchev–Trinajstić information content (AvgIpc) is 4.15. The summed E-state index contributed by atoms with van der Waals surface area (Å²) < 4.78 is 28.9. The van der Waals surface area contributed by atoms with E-state index in [4.69, 9.17) is 44.6 Å². The maximum atomic E-state index is 12.5. The van der Waals surface area contributed by atoms with E-state index in [9.17, 15) is 9.59 Å². The first-order valence-electron chi connectivity index (χ1n) is 26.8. The van der Waals surface area contributed by atoms with Crippen LogP contribution in [0.1, 0.15) is 102 Å². The van der Waals surface area contributed by atoms with E-state index < -0.39 is 23.8 Å². The fourth-order valence-electron chi connectivity index (χ4n) is 7.52. The van der Waals surface area contributed by atoms with Crippen molar-refractivity contribution in [3.05, 3.63) is 138 Å². The molecule has 0 spiro atoms. The topological polar surface area (TPSA) is 209 Å². The van der Waals surface area contributed by atoms with Gasteiger partial charge in [0.2, 0.25) is 5.28 Å². The van der Waals surface area contributed by atoms with Gasteiger partial charge in [-0.05, 0) is 130 Å². The maximum absolute atomic E-state index is 12.5. The summed E-state index contributed by atoms with van der Waals surface area (Å²) in [7, 11) is 1.68. The predicted octanol–water partition coefficient (Wildman–Crippen LogP) is 11.0. The predicted molar refractivity (Wildman–Crippen MR) is 324 cm³/mol. The summed E-state index contributed by atoms with van der Waals surface area (Å²) in [5.41, 5.74) is 5.00. The van der Waals surface area contributed by atoms with Gasteiger partial charge in [-0.2, -0.15) is 10.2 Å². The van der Waals surface area contributed by atoms with Crippen LogP contribution in [0.4, 0.5) is 0 Å². The summed E-state index contributed by atoms with van der Waals surface area (Å²) in [6.45, 7) is 31.6. The monoisotopic (exact) mass is 1170 g/mol. The molecule has 2 aromatic carbocycles. The number of fused-ring (bicyclic) bond motifs is 2. The SMILES string of the molecule is CC1(C)OB(c2ccc3cnn(-c4cccc(CO[Si](C)(C)C(C)(C)C)n4)c3c2)OC1(C)C.CON(C)C(=O)c1ccnc(-c2ccc3cnn(-c4cccc(CO[Si](C)(C)C(C)(C)C)n4)c3c2)n1.CON(C)C(=O)c1ccnc(Cl)n1. The number of carbonyl (C=O) groups is 2. The van der Waals surface area contributed by atoms with Crippen LogP contribution in [0.15, 0.2) is 110 Å². The highest BCUT2D eigenvalue weighted by Crippen LogP contribution is 2.39. The number of benzene rings is 2. The molecule has 9 rings (SSSR count). The minimum atomic E-state index is -1.89. The largest absolute Gasteiger partial charge is 0.494 e. The molecule has 20 nitrogen and oxygen atoms in total. The van der Waals surface area contributed by atoms with E-state index in [0.29, 0.717) is 24.9 Å². The van der Waals surface area contributed by atoms with Crippen molar-refractivity contribution in [2.75, 3.05) is 28.3 Å². The quantitative estimate of drug-likeness (QED) is 0.0563. The highest BCUT2D eigenvalue weighted by molar-refractivity contribution is 6.74. The Morgan fingerprint density at radius 1 is 0.622 bits per heavy atom. The van der Waals surface area contributed by atoms with Gasteiger partial charge in [-0.25, -0.2) is 49.4 Å². The summed E-state index contributed by atoms with van der Waals surface area (Å²) in [5.74, 6) is 1.18. The number of pyridine rings is 2. The second-order valence-corrected chi connectivity index (χ2v) is 33.8. The highest BCUT2D eigenvalue weighted by Gasteiger charge is 2.52. The van der Waals surface area contributed by atoms with Gasteiger partial charge in [0.25, 0.3) is 11.8 Å². The number of hydrogen-bond donors (Lipinski definition) is 0. The number of carbonyl (C=O) groups excluding carboxylic acids is 2. The highest BCUT2D eigenvalue weighted by atomic mass is 35.5. The van der Waals surface area contributed by atoms with Gasteiger partial charge in [0, 0.05) is 42.8 Å². The van der Waals surface area contributed by atoms with Crippen molar-refractivity contribution in [1.29, 1.82) is 0 Å².